The highest BCUT2D eigenvalue weighted by Gasteiger charge is 2.35. The quantitative estimate of drug-likeness (QED) is 0.892. The van der Waals surface area contributed by atoms with Crippen LogP contribution in [0.15, 0.2) is 12.1 Å². The Balaban J connectivity index is 2.25. The summed E-state index contributed by atoms with van der Waals surface area (Å²) in [5.41, 5.74) is 10.4. The van der Waals surface area contributed by atoms with Gasteiger partial charge in [0.25, 0.3) is 0 Å². The van der Waals surface area contributed by atoms with Gasteiger partial charge in [0.2, 0.25) is 0 Å². The van der Waals surface area contributed by atoms with Crippen molar-refractivity contribution in [3.8, 4) is 5.75 Å². The standard InChI is InChI=1S/C18H29NO/c1-12(2)15-6-8-18(19,9-7-15)16-10-14(4)17(20-5)11-13(16)3/h10-12,15H,6-9,19H2,1-5H3. The van der Waals surface area contributed by atoms with Crippen molar-refractivity contribution < 1.29 is 4.74 Å². The number of benzene rings is 1. The number of rotatable bonds is 3. The fraction of sp³-hybridized carbons (Fsp3) is 0.667. The first-order valence-corrected chi connectivity index (χ1v) is 7.82. The summed E-state index contributed by atoms with van der Waals surface area (Å²) in [4.78, 5) is 0. The molecule has 0 heterocycles. The molecular weight excluding hydrogens is 246 g/mol. The lowest BCUT2D eigenvalue weighted by molar-refractivity contribution is 0.195. The van der Waals surface area contributed by atoms with Gasteiger partial charge in [-0.25, -0.2) is 0 Å². The van der Waals surface area contributed by atoms with Gasteiger partial charge in [0.15, 0.2) is 0 Å². The summed E-state index contributed by atoms with van der Waals surface area (Å²) >= 11 is 0. The molecule has 0 aromatic heterocycles. The monoisotopic (exact) mass is 275 g/mol. The second kappa shape index (κ2) is 5.77. The predicted molar refractivity (Wildman–Crippen MR) is 85.1 cm³/mol. The van der Waals surface area contributed by atoms with E-state index in [1.165, 1.54) is 29.5 Å². The van der Waals surface area contributed by atoms with E-state index in [0.717, 1.165) is 30.4 Å². The van der Waals surface area contributed by atoms with Crippen molar-refractivity contribution in [2.24, 2.45) is 17.6 Å². The molecular formula is C18H29NO. The van der Waals surface area contributed by atoms with Gasteiger partial charge >= 0.3 is 0 Å². The van der Waals surface area contributed by atoms with Crippen molar-refractivity contribution in [2.45, 2.75) is 58.9 Å². The van der Waals surface area contributed by atoms with Crippen molar-refractivity contribution in [3.63, 3.8) is 0 Å². The van der Waals surface area contributed by atoms with Gasteiger partial charge in [0.05, 0.1) is 7.11 Å². The molecule has 0 saturated heterocycles. The Morgan fingerprint density at radius 2 is 1.75 bits per heavy atom. The van der Waals surface area contributed by atoms with Gasteiger partial charge in [-0.15, -0.1) is 0 Å². The fourth-order valence-corrected chi connectivity index (χ4v) is 3.64. The zero-order valence-corrected chi connectivity index (χ0v) is 13.6. The molecule has 112 valence electrons. The third-order valence-corrected chi connectivity index (χ3v) is 5.14. The van der Waals surface area contributed by atoms with Crippen molar-refractivity contribution in [1.82, 2.24) is 0 Å². The molecule has 1 aromatic rings. The summed E-state index contributed by atoms with van der Waals surface area (Å²) in [7, 11) is 1.73. The molecule has 2 heteroatoms. The first kappa shape index (κ1) is 15.4. The van der Waals surface area contributed by atoms with Crippen LogP contribution in [0.3, 0.4) is 0 Å². The average Bonchev–Trinajstić information content (AvgIpc) is 2.41. The molecule has 1 aliphatic rings. The number of hydrogen-bond donors (Lipinski definition) is 1. The van der Waals surface area contributed by atoms with E-state index in [-0.39, 0.29) is 5.54 Å². The third kappa shape index (κ3) is 2.85. The van der Waals surface area contributed by atoms with E-state index in [9.17, 15) is 0 Å². The van der Waals surface area contributed by atoms with Crippen LogP contribution in [0.5, 0.6) is 5.75 Å². The molecule has 0 atom stereocenters. The maximum atomic E-state index is 6.76. The summed E-state index contributed by atoms with van der Waals surface area (Å²) in [6.07, 6.45) is 4.70. The summed E-state index contributed by atoms with van der Waals surface area (Å²) in [6.45, 7) is 8.92. The lowest BCUT2D eigenvalue weighted by atomic mass is 9.69. The molecule has 0 amide bonds. The average molecular weight is 275 g/mol. The third-order valence-electron chi connectivity index (χ3n) is 5.14. The molecule has 20 heavy (non-hydrogen) atoms. The maximum Gasteiger partial charge on any atom is 0.122 e. The summed E-state index contributed by atoms with van der Waals surface area (Å²) in [6, 6.07) is 4.37. The minimum Gasteiger partial charge on any atom is -0.496 e. The highest BCUT2D eigenvalue weighted by molar-refractivity contribution is 5.44. The molecule has 1 saturated carbocycles. The molecule has 2 nitrogen and oxygen atoms in total. The topological polar surface area (TPSA) is 35.2 Å². The largest absolute Gasteiger partial charge is 0.496 e. The normalized spacial score (nSPS) is 26.9. The van der Waals surface area contributed by atoms with Crippen molar-refractivity contribution in [3.05, 3.63) is 28.8 Å². The molecule has 1 aromatic carbocycles. The van der Waals surface area contributed by atoms with Gasteiger partial charge in [-0.05, 0) is 74.1 Å². The number of aryl methyl sites for hydroxylation is 2. The number of hydrogen-bond acceptors (Lipinski definition) is 2. The van der Waals surface area contributed by atoms with Crippen molar-refractivity contribution in [1.29, 1.82) is 0 Å². The first-order chi connectivity index (χ1) is 9.37. The van der Waals surface area contributed by atoms with Crippen LogP contribution in [0.1, 0.15) is 56.2 Å². The van der Waals surface area contributed by atoms with Crippen LogP contribution >= 0.6 is 0 Å². The summed E-state index contributed by atoms with van der Waals surface area (Å²) < 4.78 is 5.41. The minimum atomic E-state index is -0.146. The Kier molecular flexibility index (Phi) is 4.43. The molecule has 0 spiro atoms. The number of nitrogens with two attached hydrogens (primary N) is 1. The fourth-order valence-electron chi connectivity index (χ4n) is 3.64. The van der Waals surface area contributed by atoms with Crippen LogP contribution in [0.4, 0.5) is 0 Å². The molecule has 0 bridgehead atoms. The lowest BCUT2D eigenvalue weighted by Crippen LogP contribution is -2.41. The molecule has 2 N–H and O–H groups in total. The van der Waals surface area contributed by atoms with Crippen LogP contribution < -0.4 is 10.5 Å². The van der Waals surface area contributed by atoms with Crippen molar-refractivity contribution >= 4 is 0 Å². The SMILES string of the molecule is COc1cc(C)c(C2(N)CCC(C(C)C)CC2)cc1C. The lowest BCUT2D eigenvalue weighted by Gasteiger charge is -2.40. The van der Waals surface area contributed by atoms with Crippen LogP contribution in [0.25, 0.3) is 0 Å². The summed E-state index contributed by atoms with van der Waals surface area (Å²) in [5.74, 6) is 2.58. The van der Waals surface area contributed by atoms with E-state index in [2.05, 4.69) is 39.8 Å². The second-order valence-electron chi connectivity index (χ2n) is 6.87. The predicted octanol–water partition coefficient (Wildman–Crippen LogP) is 4.31. The molecule has 2 rings (SSSR count). The number of methoxy groups -OCH3 is 1. The van der Waals surface area contributed by atoms with Gasteiger partial charge in [-0.2, -0.15) is 0 Å². The zero-order chi connectivity index (χ0) is 14.9. The van der Waals surface area contributed by atoms with Crippen LogP contribution in [0, 0.1) is 25.7 Å². The van der Waals surface area contributed by atoms with E-state index in [1.54, 1.807) is 7.11 Å². The van der Waals surface area contributed by atoms with Crippen LogP contribution in [0.2, 0.25) is 0 Å². The minimum absolute atomic E-state index is 0.146. The highest BCUT2D eigenvalue weighted by Crippen LogP contribution is 2.42. The zero-order valence-electron chi connectivity index (χ0n) is 13.6. The molecule has 1 aliphatic carbocycles. The van der Waals surface area contributed by atoms with Gasteiger partial charge in [0.1, 0.15) is 5.75 Å². The van der Waals surface area contributed by atoms with Crippen molar-refractivity contribution in [2.75, 3.05) is 7.11 Å². The Bertz CT molecular complexity index is 471. The van der Waals surface area contributed by atoms with E-state index in [1.807, 2.05) is 0 Å². The van der Waals surface area contributed by atoms with E-state index >= 15 is 0 Å². The number of ether oxygens (including phenoxy) is 1. The maximum absolute atomic E-state index is 6.76. The van der Waals surface area contributed by atoms with E-state index in [4.69, 9.17) is 10.5 Å². The van der Waals surface area contributed by atoms with Gasteiger partial charge < -0.3 is 10.5 Å². The Hall–Kier alpha value is -1.02. The Morgan fingerprint density at radius 3 is 2.25 bits per heavy atom. The van der Waals surface area contributed by atoms with E-state index < -0.39 is 0 Å². The smallest absolute Gasteiger partial charge is 0.122 e. The second-order valence-corrected chi connectivity index (χ2v) is 6.87. The van der Waals surface area contributed by atoms with Gasteiger partial charge in [-0.1, -0.05) is 19.9 Å². The molecule has 0 radical (unpaired) electrons. The molecule has 0 unspecified atom stereocenters. The summed E-state index contributed by atoms with van der Waals surface area (Å²) in [5, 5.41) is 0. The van der Waals surface area contributed by atoms with Crippen LogP contribution in [-0.4, -0.2) is 7.11 Å². The molecule has 1 fully saturated rings. The first-order valence-electron chi connectivity index (χ1n) is 7.82. The highest BCUT2D eigenvalue weighted by atomic mass is 16.5. The Morgan fingerprint density at radius 1 is 1.15 bits per heavy atom. The van der Waals surface area contributed by atoms with Gasteiger partial charge in [-0.3, -0.25) is 0 Å². The van der Waals surface area contributed by atoms with Crippen LogP contribution in [-0.2, 0) is 5.54 Å². The Labute approximate surface area is 123 Å². The molecule has 0 aliphatic heterocycles. The van der Waals surface area contributed by atoms with E-state index in [0.29, 0.717) is 0 Å². The van der Waals surface area contributed by atoms with Gasteiger partial charge in [0, 0.05) is 5.54 Å².